The van der Waals surface area contributed by atoms with Crippen molar-refractivity contribution in [2.45, 2.75) is 32.2 Å². The van der Waals surface area contributed by atoms with Crippen LogP contribution in [0.15, 0.2) is 18.2 Å². The lowest BCUT2D eigenvalue weighted by Gasteiger charge is -2.16. The monoisotopic (exact) mass is 229 g/mol. The summed E-state index contributed by atoms with van der Waals surface area (Å²) in [6.45, 7) is 4.09. The van der Waals surface area contributed by atoms with Gasteiger partial charge in [0.2, 0.25) is 0 Å². The van der Waals surface area contributed by atoms with Crippen LogP contribution >= 0.6 is 22.9 Å². The molecule has 0 saturated carbocycles. The van der Waals surface area contributed by atoms with Crippen molar-refractivity contribution >= 4 is 29.0 Å². The van der Waals surface area contributed by atoms with E-state index in [0.717, 1.165) is 17.2 Å². The van der Waals surface area contributed by atoms with Gasteiger partial charge in [-0.2, -0.15) is 0 Å². The summed E-state index contributed by atoms with van der Waals surface area (Å²) in [4.78, 5) is 1.20. The van der Waals surface area contributed by atoms with Gasteiger partial charge in [0.15, 0.2) is 0 Å². The first kappa shape index (κ1) is 11.8. The molecule has 1 aromatic rings. The van der Waals surface area contributed by atoms with Gasteiger partial charge in [0.25, 0.3) is 0 Å². The van der Waals surface area contributed by atoms with Crippen LogP contribution in [0.1, 0.15) is 31.6 Å². The number of nitrogens with two attached hydrogens (primary N) is 1. The molecule has 0 aliphatic carbocycles. The third-order valence-electron chi connectivity index (χ3n) is 1.83. The Labute approximate surface area is 94.6 Å². The minimum absolute atomic E-state index is 0.0720. The third kappa shape index (κ3) is 4.80. The van der Waals surface area contributed by atoms with E-state index in [1.165, 1.54) is 4.88 Å². The van der Waals surface area contributed by atoms with Crippen LogP contribution in [0.2, 0.25) is 4.34 Å². The lowest BCUT2D eigenvalue weighted by atomic mass is 10.0. The van der Waals surface area contributed by atoms with Gasteiger partial charge in [-0.25, -0.2) is 0 Å². The van der Waals surface area contributed by atoms with Crippen molar-refractivity contribution < 1.29 is 0 Å². The van der Waals surface area contributed by atoms with E-state index in [0.29, 0.717) is 0 Å². The second kappa shape index (κ2) is 4.96. The normalized spacial score (nSPS) is 12.6. The van der Waals surface area contributed by atoms with Crippen molar-refractivity contribution in [3.63, 3.8) is 0 Å². The minimum Gasteiger partial charge on any atom is -0.326 e. The van der Waals surface area contributed by atoms with Crippen molar-refractivity contribution in [2.75, 3.05) is 0 Å². The van der Waals surface area contributed by atoms with E-state index in [1.807, 2.05) is 26.0 Å². The zero-order valence-corrected chi connectivity index (χ0v) is 10.2. The second-order valence-electron chi connectivity index (χ2n) is 4.07. The molecule has 0 aliphatic heterocycles. The fraction of sp³-hybridized carbons (Fsp3) is 0.455. The summed E-state index contributed by atoms with van der Waals surface area (Å²) in [5, 5.41) is 0. The van der Waals surface area contributed by atoms with Crippen molar-refractivity contribution in [1.29, 1.82) is 0 Å². The third-order valence-corrected chi connectivity index (χ3v) is 3.03. The Morgan fingerprint density at radius 3 is 2.71 bits per heavy atom. The van der Waals surface area contributed by atoms with Crippen molar-refractivity contribution in [3.05, 3.63) is 27.4 Å². The molecule has 0 atom stereocenters. The Kier molecular flexibility index (Phi) is 4.17. The zero-order chi connectivity index (χ0) is 10.6. The number of allylic oxidation sites excluding steroid dienone is 1. The van der Waals surface area contributed by atoms with E-state index >= 15 is 0 Å². The topological polar surface area (TPSA) is 26.0 Å². The molecule has 3 heteroatoms. The summed E-state index contributed by atoms with van der Waals surface area (Å²) in [5.74, 6) is 0. The molecular formula is C11H16ClNS. The van der Waals surface area contributed by atoms with Crippen molar-refractivity contribution in [2.24, 2.45) is 5.73 Å². The summed E-state index contributed by atoms with van der Waals surface area (Å²) in [6, 6.07) is 3.94. The first-order valence-electron chi connectivity index (χ1n) is 4.68. The highest BCUT2D eigenvalue weighted by Crippen LogP contribution is 2.22. The van der Waals surface area contributed by atoms with E-state index in [2.05, 4.69) is 12.2 Å². The average molecular weight is 230 g/mol. The fourth-order valence-electron chi connectivity index (χ4n) is 1.07. The highest BCUT2D eigenvalue weighted by Gasteiger charge is 2.07. The summed E-state index contributed by atoms with van der Waals surface area (Å²) in [6.07, 6.45) is 6.26. The fourth-order valence-corrected chi connectivity index (χ4v) is 2.06. The molecule has 1 heterocycles. The Bertz CT molecular complexity index is 309. The Morgan fingerprint density at radius 1 is 1.50 bits per heavy atom. The molecule has 2 N–H and O–H groups in total. The molecule has 0 unspecified atom stereocenters. The Hall–Kier alpha value is -0.310. The van der Waals surface area contributed by atoms with Gasteiger partial charge in [-0.1, -0.05) is 17.7 Å². The minimum atomic E-state index is -0.0720. The molecule has 1 aromatic heterocycles. The second-order valence-corrected chi connectivity index (χ2v) is 5.82. The van der Waals surface area contributed by atoms with Crippen LogP contribution in [0, 0.1) is 0 Å². The van der Waals surface area contributed by atoms with E-state index in [1.54, 1.807) is 11.3 Å². The van der Waals surface area contributed by atoms with Gasteiger partial charge in [0, 0.05) is 10.4 Å². The average Bonchev–Trinajstić information content (AvgIpc) is 2.44. The molecule has 1 nitrogen and oxygen atoms in total. The van der Waals surface area contributed by atoms with E-state index in [9.17, 15) is 0 Å². The Morgan fingerprint density at radius 2 is 2.21 bits per heavy atom. The highest BCUT2D eigenvalue weighted by atomic mass is 35.5. The van der Waals surface area contributed by atoms with Crippen LogP contribution in [0.4, 0.5) is 0 Å². The van der Waals surface area contributed by atoms with Crippen LogP contribution in [-0.4, -0.2) is 5.54 Å². The molecule has 0 aliphatic rings. The van der Waals surface area contributed by atoms with Crippen LogP contribution in [0.3, 0.4) is 0 Å². The number of hydrogen-bond donors (Lipinski definition) is 1. The van der Waals surface area contributed by atoms with Crippen LogP contribution in [0.5, 0.6) is 0 Å². The van der Waals surface area contributed by atoms with Crippen LogP contribution < -0.4 is 5.73 Å². The van der Waals surface area contributed by atoms with Gasteiger partial charge in [0.1, 0.15) is 0 Å². The molecule has 0 spiro atoms. The summed E-state index contributed by atoms with van der Waals surface area (Å²) in [5.41, 5.74) is 5.79. The summed E-state index contributed by atoms with van der Waals surface area (Å²) in [7, 11) is 0. The maximum atomic E-state index is 5.87. The zero-order valence-electron chi connectivity index (χ0n) is 8.59. The van der Waals surface area contributed by atoms with Crippen LogP contribution in [0.25, 0.3) is 6.08 Å². The highest BCUT2D eigenvalue weighted by molar-refractivity contribution is 7.16. The van der Waals surface area contributed by atoms with Crippen molar-refractivity contribution in [3.8, 4) is 0 Å². The van der Waals surface area contributed by atoms with Gasteiger partial charge < -0.3 is 5.73 Å². The number of rotatable bonds is 4. The molecule has 78 valence electrons. The maximum absolute atomic E-state index is 5.87. The van der Waals surface area contributed by atoms with Gasteiger partial charge >= 0.3 is 0 Å². The predicted octanol–water partition coefficient (Wildman–Crippen LogP) is 3.93. The molecule has 1 rings (SSSR count). The first-order valence-corrected chi connectivity index (χ1v) is 5.87. The molecule has 14 heavy (non-hydrogen) atoms. The van der Waals surface area contributed by atoms with Gasteiger partial charge in [-0.3, -0.25) is 0 Å². The maximum Gasteiger partial charge on any atom is 0.0934 e. The van der Waals surface area contributed by atoms with Gasteiger partial charge in [-0.05, 0) is 44.9 Å². The molecule has 0 bridgehead atoms. The van der Waals surface area contributed by atoms with Gasteiger partial charge in [-0.15, -0.1) is 11.3 Å². The standard InChI is InChI=1S/C11H16ClNS/c1-11(2,13)8-4-3-5-9-6-7-10(12)14-9/h3,5-7H,4,8,13H2,1-2H3/b5-3+. The SMILES string of the molecule is CC(C)(N)CC/C=C/c1ccc(Cl)s1. The van der Waals surface area contributed by atoms with E-state index in [-0.39, 0.29) is 5.54 Å². The molecule has 0 amide bonds. The molecule has 0 radical (unpaired) electrons. The van der Waals surface area contributed by atoms with E-state index in [4.69, 9.17) is 17.3 Å². The number of thiophene rings is 1. The smallest absolute Gasteiger partial charge is 0.0934 e. The summed E-state index contributed by atoms with van der Waals surface area (Å²) >= 11 is 7.40. The first-order chi connectivity index (χ1) is 6.47. The largest absolute Gasteiger partial charge is 0.326 e. The number of halogens is 1. The van der Waals surface area contributed by atoms with Crippen LogP contribution in [-0.2, 0) is 0 Å². The summed E-state index contributed by atoms with van der Waals surface area (Å²) < 4.78 is 0.837. The molecule has 0 saturated heterocycles. The molecule has 0 fully saturated rings. The predicted molar refractivity (Wildman–Crippen MR) is 65.9 cm³/mol. The molecule has 0 aromatic carbocycles. The lowest BCUT2D eigenvalue weighted by Crippen LogP contribution is -2.31. The van der Waals surface area contributed by atoms with E-state index < -0.39 is 0 Å². The number of hydrogen-bond acceptors (Lipinski definition) is 2. The van der Waals surface area contributed by atoms with Gasteiger partial charge in [0.05, 0.1) is 4.34 Å². The van der Waals surface area contributed by atoms with Crippen molar-refractivity contribution in [1.82, 2.24) is 0 Å². The Balaban J connectivity index is 2.35. The molecular weight excluding hydrogens is 214 g/mol. The lowest BCUT2D eigenvalue weighted by molar-refractivity contribution is 0.482. The quantitative estimate of drug-likeness (QED) is 0.832.